The maximum Gasteiger partial charge on any atom is 0.326 e. The minimum atomic E-state index is -0.897. The predicted octanol–water partition coefficient (Wildman–Crippen LogP) is 3.20. The van der Waals surface area contributed by atoms with Gasteiger partial charge in [-0.2, -0.15) is 0 Å². The molecule has 0 radical (unpaired) electrons. The Morgan fingerprint density at radius 1 is 1.14 bits per heavy atom. The van der Waals surface area contributed by atoms with Gasteiger partial charge in [0.15, 0.2) is 0 Å². The molecule has 1 saturated heterocycles. The van der Waals surface area contributed by atoms with Crippen LogP contribution >= 0.6 is 11.6 Å². The van der Waals surface area contributed by atoms with Crippen LogP contribution in [0.2, 0.25) is 5.02 Å². The first kappa shape index (κ1) is 14.4. The van der Waals surface area contributed by atoms with Gasteiger partial charge >= 0.3 is 5.97 Å². The molecule has 1 aliphatic carbocycles. The summed E-state index contributed by atoms with van der Waals surface area (Å²) < 4.78 is 0. The zero-order chi connectivity index (χ0) is 15.0. The Labute approximate surface area is 128 Å². The molecule has 1 aliphatic heterocycles. The van der Waals surface area contributed by atoms with E-state index in [0.29, 0.717) is 22.9 Å². The molecule has 2 aliphatic rings. The lowest BCUT2D eigenvalue weighted by Gasteiger charge is -2.33. The Bertz CT molecular complexity index is 557. The first-order chi connectivity index (χ1) is 10.1. The van der Waals surface area contributed by atoms with Crippen molar-refractivity contribution in [3.8, 4) is 0 Å². The molecular weight excluding hydrogens is 290 g/mol. The molecule has 1 heterocycles. The van der Waals surface area contributed by atoms with Crippen LogP contribution in [0.3, 0.4) is 0 Å². The molecule has 0 bridgehead atoms. The number of amides is 1. The van der Waals surface area contributed by atoms with Gasteiger partial charge in [0, 0.05) is 16.6 Å². The van der Waals surface area contributed by atoms with Crippen LogP contribution in [0, 0.1) is 5.92 Å². The number of carbonyl (C=O) groups excluding carboxylic acids is 1. The third-order valence-corrected chi connectivity index (χ3v) is 4.95. The van der Waals surface area contributed by atoms with Crippen molar-refractivity contribution in [2.24, 2.45) is 5.92 Å². The topological polar surface area (TPSA) is 57.6 Å². The van der Waals surface area contributed by atoms with Gasteiger partial charge in [0.25, 0.3) is 5.91 Å². The lowest BCUT2D eigenvalue weighted by Crippen LogP contribution is -2.46. The second-order valence-electron chi connectivity index (χ2n) is 5.92. The molecule has 3 rings (SSSR count). The number of likely N-dealkylation sites (tertiary alicyclic amines) is 1. The van der Waals surface area contributed by atoms with Gasteiger partial charge in [0.05, 0.1) is 0 Å². The first-order valence-electron chi connectivity index (χ1n) is 7.39. The van der Waals surface area contributed by atoms with E-state index in [4.69, 9.17) is 11.6 Å². The summed E-state index contributed by atoms with van der Waals surface area (Å²) in [5.41, 5.74) is 0.511. The number of aliphatic carboxylic acids is 1. The Hall–Kier alpha value is -1.55. The van der Waals surface area contributed by atoms with Crippen LogP contribution in [0.5, 0.6) is 0 Å². The van der Waals surface area contributed by atoms with E-state index in [1.165, 1.54) is 0 Å². The van der Waals surface area contributed by atoms with E-state index < -0.39 is 12.0 Å². The van der Waals surface area contributed by atoms with Crippen molar-refractivity contribution >= 4 is 23.5 Å². The van der Waals surface area contributed by atoms with Gasteiger partial charge in [-0.05, 0) is 49.4 Å². The van der Waals surface area contributed by atoms with E-state index in [0.717, 1.165) is 25.7 Å². The van der Waals surface area contributed by atoms with Gasteiger partial charge in [0.2, 0.25) is 0 Å². The van der Waals surface area contributed by atoms with Gasteiger partial charge < -0.3 is 10.0 Å². The van der Waals surface area contributed by atoms with Crippen LogP contribution in [0.15, 0.2) is 24.3 Å². The quantitative estimate of drug-likeness (QED) is 0.913. The van der Waals surface area contributed by atoms with E-state index in [2.05, 4.69) is 0 Å². The van der Waals surface area contributed by atoms with Crippen molar-refractivity contribution in [1.29, 1.82) is 0 Å². The van der Waals surface area contributed by atoms with Crippen LogP contribution in [0.25, 0.3) is 0 Å². The molecule has 1 aromatic rings. The summed E-state index contributed by atoms with van der Waals surface area (Å²) >= 11 is 5.85. The number of nitrogens with zero attached hydrogens (tertiary/aromatic N) is 1. The zero-order valence-corrected chi connectivity index (χ0v) is 12.4. The molecule has 3 atom stereocenters. The number of benzene rings is 1. The summed E-state index contributed by atoms with van der Waals surface area (Å²) in [5, 5.41) is 10.0. The summed E-state index contributed by atoms with van der Waals surface area (Å²) in [6.45, 7) is 0. The van der Waals surface area contributed by atoms with Gasteiger partial charge in [-0.1, -0.05) is 24.4 Å². The highest BCUT2D eigenvalue weighted by Gasteiger charge is 2.47. The highest BCUT2D eigenvalue weighted by Crippen LogP contribution is 2.40. The minimum absolute atomic E-state index is 0.0722. The molecule has 5 heteroatoms. The average Bonchev–Trinajstić information content (AvgIpc) is 2.87. The van der Waals surface area contributed by atoms with E-state index in [1.54, 1.807) is 29.2 Å². The number of carboxylic acid groups (broad SMARTS) is 1. The summed E-state index contributed by atoms with van der Waals surface area (Å²) in [7, 11) is 0. The van der Waals surface area contributed by atoms with Gasteiger partial charge in [-0.25, -0.2) is 4.79 Å². The van der Waals surface area contributed by atoms with E-state index >= 15 is 0 Å². The standard InChI is InChI=1S/C16H18ClNO3/c17-12-7-5-10(6-8-12)15(19)18-13-4-2-1-3-11(13)9-14(18)16(20)21/h5-8,11,13-14H,1-4,9H2,(H,20,21)/t11-,13+,14-/m0/s1. The zero-order valence-electron chi connectivity index (χ0n) is 11.7. The molecule has 21 heavy (non-hydrogen) atoms. The molecule has 1 saturated carbocycles. The fraction of sp³-hybridized carbons (Fsp3) is 0.500. The van der Waals surface area contributed by atoms with Gasteiger partial charge in [-0.3, -0.25) is 4.79 Å². The summed E-state index contributed by atoms with van der Waals surface area (Å²) in [6, 6.07) is 6.04. The first-order valence-corrected chi connectivity index (χ1v) is 7.77. The van der Waals surface area contributed by atoms with Crippen molar-refractivity contribution in [3.63, 3.8) is 0 Å². The van der Waals surface area contributed by atoms with E-state index in [9.17, 15) is 14.7 Å². The van der Waals surface area contributed by atoms with Crippen LogP contribution in [-0.2, 0) is 4.79 Å². The molecule has 0 spiro atoms. The molecule has 2 fully saturated rings. The average molecular weight is 308 g/mol. The SMILES string of the molecule is O=C(O)[C@@H]1C[C@@H]2CCCC[C@H]2N1C(=O)c1ccc(Cl)cc1. The number of fused-ring (bicyclic) bond motifs is 1. The maximum atomic E-state index is 12.7. The van der Waals surface area contributed by atoms with Crippen LogP contribution in [0.1, 0.15) is 42.5 Å². The molecular formula is C16H18ClNO3. The molecule has 0 aromatic heterocycles. The second-order valence-corrected chi connectivity index (χ2v) is 6.36. The molecule has 1 aromatic carbocycles. The van der Waals surface area contributed by atoms with Crippen molar-refractivity contribution in [2.75, 3.05) is 0 Å². The summed E-state index contributed by atoms with van der Waals surface area (Å²) in [6.07, 6.45) is 4.72. The lowest BCUT2D eigenvalue weighted by molar-refractivity contribution is -0.141. The second kappa shape index (κ2) is 5.68. The van der Waals surface area contributed by atoms with Crippen molar-refractivity contribution in [1.82, 2.24) is 4.90 Å². The van der Waals surface area contributed by atoms with Gasteiger partial charge in [0.1, 0.15) is 6.04 Å². The predicted molar refractivity (Wildman–Crippen MR) is 79.4 cm³/mol. The molecule has 1 N–H and O–H groups in total. The third-order valence-electron chi connectivity index (χ3n) is 4.70. The van der Waals surface area contributed by atoms with E-state index in [1.807, 2.05) is 0 Å². The number of hydrogen-bond donors (Lipinski definition) is 1. The fourth-order valence-electron chi connectivity index (χ4n) is 3.71. The number of carboxylic acids is 1. The smallest absolute Gasteiger partial charge is 0.326 e. The summed E-state index contributed by atoms with van der Waals surface area (Å²) in [5.74, 6) is -0.753. The molecule has 4 nitrogen and oxygen atoms in total. The lowest BCUT2D eigenvalue weighted by atomic mass is 9.84. The Morgan fingerprint density at radius 2 is 1.81 bits per heavy atom. The monoisotopic (exact) mass is 307 g/mol. The van der Waals surface area contributed by atoms with Crippen LogP contribution in [0.4, 0.5) is 0 Å². The minimum Gasteiger partial charge on any atom is -0.480 e. The van der Waals surface area contributed by atoms with Crippen molar-refractivity contribution in [2.45, 2.75) is 44.2 Å². The van der Waals surface area contributed by atoms with Crippen LogP contribution in [-0.4, -0.2) is 34.0 Å². The third kappa shape index (κ3) is 2.64. The maximum absolute atomic E-state index is 12.7. The number of carbonyl (C=O) groups is 2. The molecule has 1 amide bonds. The normalized spacial score (nSPS) is 28.2. The number of rotatable bonds is 2. The summed E-state index contributed by atoms with van der Waals surface area (Å²) in [4.78, 5) is 25.9. The number of hydrogen-bond acceptors (Lipinski definition) is 2. The largest absolute Gasteiger partial charge is 0.480 e. The Kier molecular flexibility index (Phi) is 3.89. The highest BCUT2D eigenvalue weighted by atomic mass is 35.5. The fourth-order valence-corrected chi connectivity index (χ4v) is 3.84. The van der Waals surface area contributed by atoms with Crippen molar-refractivity contribution < 1.29 is 14.7 Å². The van der Waals surface area contributed by atoms with Crippen molar-refractivity contribution in [3.05, 3.63) is 34.9 Å². The Morgan fingerprint density at radius 3 is 2.48 bits per heavy atom. The number of halogens is 1. The molecule has 112 valence electrons. The van der Waals surface area contributed by atoms with Crippen LogP contribution < -0.4 is 0 Å². The highest BCUT2D eigenvalue weighted by molar-refractivity contribution is 6.30. The van der Waals surface area contributed by atoms with E-state index in [-0.39, 0.29) is 11.9 Å². The Balaban J connectivity index is 1.90. The van der Waals surface area contributed by atoms with Gasteiger partial charge in [-0.15, -0.1) is 0 Å². The molecule has 0 unspecified atom stereocenters.